The Bertz CT molecular complexity index is 880. The predicted octanol–water partition coefficient (Wildman–Crippen LogP) is 8.91. The van der Waals surface area contributed by atoms with E-state index in [0.29, 0.717) is 19.6 Å². The van der Waals surface area contributed by atoms with Gasteiger partial charge in [-0.1, -0.05) is 120 Å². The Balaban J connectivity index is 1.50. The van der Waals surface area contributed by atoms with Gasteiger partial charge in [0.05, 0.1) is 40.3 Å². The zero-order valence-electron chi connectivity index (χ0n) is 25.3. The van der Waals surface area contributed by atoms with Crippen LogP contribution in [0.25, 0.3) is 0 Å². The SMILES string of the molecule is CCCCCCCCCCCCCc1ccccc1OCCCCOC(=O)CC[N+](C)(C)Cc1ccccc1. The first kappa shape index (κ1) is 32.9. The Hall–Kier alpha value is -2.33. The number of hydrogen-bond acceptors (Lipinski definition) is 3. The zero-order valence-corrected chi connectivity index (χ0v) is 25.3. The molecule has 0 saturated heterocycles. The van der Waals surface area contributed by atoms with Gasteiger partial charge in [0.1, 0.15) is 12.3 Å². The molecule has 0 saturated carbocycles. The highest BCUT2D eigenvalue weighted by Gasteiger charge is 2.18. The number of nitrogens with zero attached hydrogens (tertiary/aromatic N) is 1. The van der Waals surface area contributed by atoms with E-state index in [-0.39, 0.29) is 5.97 Å². The number of ether oxygens (including phenoxy) is 2. The summed E-state index contributed by atoms with van der Waals surface area (Å²) in [5.41, 5.74) is 2.60. The first-order chi connectivity index (χ1) is 19.0. The molecule has 0 amide bonds. The monoisotopic (exact) mass is 538 g/mol. The van der Waals surface area contributed by atoms with Crippen molar-refractivity contribution >= 4 is 5.97 Å². The molecule has 4 nitrogen and oxygen atoms in total. The largest absolute Gasteiger partial charge is 0.493 e. The van der Waals surface area contributed by atoms with Crippen LogP contribution in [0.3, 0.4) is 0 Å². The van der Waals surface area contributed by atoms with Gasteiger partial charge >= 0.3 is 5.97 Å². The molecule has 0 spiro atoms. The van der Waals surface area contributed by atoms with Gasteiger partial charge in [-0.15, -0.1) is 0 Å². The number of para-hydroxylation sites is 1. The van der Waals surface area contributed by atoms with Crippen LogP contribution in [0.2, 0.25) is 0 Å². The van der Waals surface area contributed by atoms with Gasteiger partial charge < -0.3 is 14.0 Å². The number of carbonyl (C=O) groups excluding carboxylic acids is 1. The smallest absolute Gasteiger partial charge is 0.311 e. The molecule has 2 aromatic carbocycles. The van der Waals surface area contributed by atoms with Crippen LogP contribution < -0.4 is 4.74 Å². The van der Waals surface area contributed by atoms with E-state index in [9.17, 15) is 4.79 Å². The number of esters is 1. The number of hydrogen-bond donors (Lipinski definition) is 0. The summed E-state index contributed by atoms with van der Waals surface area (Å²) in [7, 11) is 4.32. The van der Waals surface area contributed by atoms with E-state index < -0.39 is 0 Å². The fourth-order valence-corrected chi connectivity index (χ4v) is 5.03. The van der Waals surface area contributed by atoms with Crippen molar-refractivity contribution in [2.24, 2.45) is 0 Å². The topological polar surface area (TPSA) is 35.5 Å². The second kappa shape index (κ2) is 20.6. The normalized spacial score (nSPS) is 11.5. The molecule has 0 aromatic heterocycles. The molecule has 4 heteroatoms. The summed E-state index contributed by atoms with van der Waals surface area (Å²) in [5.74, 6) is 0.910. The minimum atomic E-state index is -0.104. The van der Waals surface area contributed by atoms with Gasteiger partial charge in [0, 0.05) is 5.56 Å². The number of carbonyl (C=O) groups is 1. The quantitative estimate of drug-likeness (QED) is 0.0805. The van der Waals surface area contributed by atoms with Crippen LogP contribution in [0, 0.1) is 0 Å². The lowest BCUT2D eigenvalue weighted by Crippen LogP contribution is -2.40. The summed E-state index contributed by atoms with van der Waals surface area (Å²) in [6.07, 6.45) is 18.3. The third-order valence-corrected chi connectivity index (χ3v) is 7.46. The lowest BCUT2D eigenvalue weighted by atomic mass is 10.0. The molecule has 0 fully saturated rings. The van der Waals surface area contributed by atoms with Gasteiger partial charge in [0.25, 0.3) is 0 Å². The lowest BCUT2D eigenvalue weighted by Gasteiger charge is -2.29. The molecule has 0 bridgehead atoms. The van der Waals surface area contributed by atoms with Gasteiger partial charge in [0.15, 0.2) is 0 Å². The fraction of sp³-hybridized carbons (Fsp3) is 0.629. The molecule has 0 unspecified atom stereocenters. The van der Waals surface area contributed by atoms with Crippen molar-refractivity contribution in [3.63, 3.8) is 0 Å². The Morgan fingerprint density at radius 3 is 1.97 bits per heavy atom. The van der Waals surface area contributed by atoms with Crippen molar-refractivity contribution in [2.75, 3.05) is 33.9 Å². The summed E-state index contributed by atoms with van der Waals surface area (Å²) in [5, 5.41) is 0. The molecular formula is C35H56NO3+. The number of quaternary nitrogens is 1. The van der Waals surface area contributed by atoms with E-state index in [4.69, 9.17) is 9.47 Å². The van der Waals surface area contributed by atoms with Gasteiger partial charge in [-0.25, -0.2) is 0 Å². The van der Waals surface area contributed by atoms with Gasteiger partial charge in [-0.3, -0.25) is 4.79 Å². The minimum absolute atomic E-state index is 0.104. The van der Waals surface area contributed by atoms with E-state index in [1.54, 1.807) is 0 Å². The van der Waals surface area contributed by atoms with Crippen LogP contribution in [0.4, 0.5) is 0 Å². The Morgan fingerprint density at radius 2 is 1.28 bits per heavy atom. The molecule has 0 aliphatic carbocycles. The van der Waals surface area contributed by atoms with E-state index >= 15 is 0 Å². The molecule has 2 aromatic rings. The first-order valence-electron chi connectivity index (χ1n) is 15.7. The van der Waals surface area contributed by atoms with E-state index in [2.05, 4.69) is 69.6 Å². The van der Waals surface area contributed by atoms with Crippen molar-refractivity contribution in [1.29, 1.82) is 0 Å². The van der Waals surface area contributed by atoms with Crippen LogP contribution in [0.15, 0.2) is 54.6 Å². The number of rotatable bonds is 23. The highest BCUT2D eigenvalue weighted by molar-refractivity contribution is 5.69. The average Bonchev–Trinajstić information content (AvgIpc) is 2.93. The molecule has 0 atom stereocenters. The zero-order chi connectivity index (χ0) is 28.0. The highest BCUT2D eigenvalue weighted by Crippen LogP contribution is 2.21. The average molecular weight is 539 g/mol. The van der Waals surface area contributed by atoms with Crippen molar-refractivity contribution in [1.82, 2.24) is 0 Å². The summed E-state index contributed by atoms with van der Waals surface area (Å²) in [6.45, 7) is 5.09. The second-order valence-corrected chi connectivity index (χ2v) is 11.7. The molecule has 39 heavy (non-hydrogen) atoms. The van der Waals surface area contributed by atoms with E-state index in [1.807, 2.05) is 6.07 Å². The molecular weight excluding hydrogens is 482 g/mol. The molecule has 0 aliphatic heterocycles. The van der Waals surface area contributed by atoms with Crippen LogP contribution in [0.5, 0.6) is 5.75 Å². The Labute approximate surface area is 239 Å². The fourth-order valence-electron chi connectivity index (χ4n) is 5.03. The highest BCUT2D eigenvalue weighted by atomic mass is 16.5. The van der Waals surface area contributed by atoms with Gasteiger partial charge in [-0.05, 0) is 37.3 Å². The third-order valence-electron chi connectivity index (χ3n) is 7.46. The summed E-state index contributed by atoms with van der Waals surface area (Å²) in [4.78, 5) is 12.2. The minimum Gasteiger partial charge on any atom is -0.493 e. The van der Waals surface area contributed by atoms with Crippen LogP contribution in [-0.2, 0) is 22.5 Å². The van der Waals surface area contributed by atoms with Crippen LogP contribution in [0.1, 0.15) is 108 Å². The number of benzene rings is 2. The second-order valence-electron chi connectivity index (χ2n) is 11.7. The molecule has 0 N–H and O–H groups in total. The Kier molecular flexibility index (Phi) is 17.3. The molecule has 218 valence electrons. The maximum absolute atomic E-state index is 12.2. The standard InChI is InChI=1S/C35H56NO3/c1-4-5-6-7-8-9-10-11-12-13-17-24-33-25-18-19-26-34(33)38-29-20-21-30-39-35(37)27-28-36(2,3)31-32-22-15-14-16-23-32/h14-16,18-19,22-23,25-26H,4-13,17,20-21,24,27-31H2,1-3H3/q+1. The van der Waals surface area contributed by atoms with Crippen molar-refractivity contribution in [3.05, 3.63) is 65.7 Å². The molecule has 0 heterocycles. The van der Waals surface area contributed by atoms with E-state index in [1.165, 1.54) is 81.8 Å². The number of aryl methyl sites for hydroxylation is 1. The van der Waals surface area contributed by atoms with E-state index in [0.717, 1.165) is 42.6 Å². The van der Waals surface area contributed by atoms with Gasteiger partial charge in [0.2, 0.25) is 0 Å². The maximum Gasteiger partial charge on any atom is 0.311 e. The molecule has 2 rings (SSSR count). The molecule has 0 aliphatic rings. The maximum atomic E-state index is 12.2. The predicted molar refractivity (Wildman–Crippen MR) is 164 cm³/mol. The van der Waals surface area contributed by atoms with Crippen LogP contribution in [-0.4, -0.2) is 44.3 Å². The lowest BCUT2D eigenvalue weighted by molar-refractivity contribution is -0.903. The van der Waals surface area contributed by atoms with Crippen molar-refractivity contribution in [3.8, 4) is 5.75 Å². The van der Waals surface area contributed by atoms with Gasteiger partial charge in [-0.2, -0.15) is 0 Å². The number of unbranched alkanes of at least 4 members (excludes halogenated alkanes) is 11. The molecule has 0 radical (unpaired) electrons. The third kappa shape index (κ3) is 16.4. The van der Waals surface area contributed by atoms with Crippen molar-refractivity contribution < 1.29 is 18.8 Å². The Morgan fingerprint density at radius 1 is 0.692 bits per heavy atom. The van der Waals surface area contributed by atoms with Crippen LogP contribution >= 0.6 is 0 Å². The summed E-state index contributed by atoms with van der Waals surface area (Å²) >= 11 is 0. The summed E-state index contributed by atoms with van der Waals surface area (Å²) in [6, 6.07) is 18.9. The van der Waals surface area contributed by atoms with Crippen molar-refractivity contribution in [2.45, 2.75) is 110 Å². The first-order valence-corrected chi connectivity index (χ1v) is 15.7. The summed E-state index contributed by atoms with van der Waals surface area (Å²) < 4.78 is 12.4.